The fourth-order valence-electron chi connectivity index (χ4n) is 1.81. The summed E-state index contributed by atoms with van der Waals surface area (Å²) in [6, 6.07) is 0. The molecule has 0 fully saturated rings. The largest absolute Gasteiger partial charge is 0.393 e. The molecule has 1 amide bonds. The third kappa shape index (κ3) is 13.4. The number of amides is 1. The second-order valence-corrected chi connectivity index (χ2v) is 5.32. The highest BCUT2D eigenvalue weighted by Gasteiger charge is 2.00. The highest BCUT2D eigenvalue weighted by molar-refractivity contribution is 7.80. The zero-order valence-electron chi connectivity index (χ0n) is 11.7. The van der Waals surface area contributed by atoms with Crippen molar-refractivity contribution in [2.24, 2.45) is 5.73 Å². The van der Waals surface area contributed by atoms with Crippen LogP contribution in [0.2, 0.25) is 0 Å². The van der Waals surface area contributed by atoms with Gasteiger partial charge in [0.05, 0.1) is 4.99 Å². The Hall–Kier alpha value is -0.640. The standard InChI is InChI=1S/C14H28N2OS/c1-2-3-4-5-6-7-11-14(17)16-12-9-8-10-13(15)18/h2-12H2,1H3,(H2,15,18)(H,16,17). The van der Waals surface area contributed by atoms with Crippen molar-refractivity contribution in [1.29, 1.82) is 0 Å². The number of nitrogens with two attached hydrogens (primary N) is 1. The van der Waals surface area contributed by atoms with Crippen LogP contribution in [0.15, 0.2) is 0 Å². The minimum absolute atomic E-state index is 0.181. The number of carbonyl (C=O) groups excluding carboxylic acids is 1. The van der Waals surface area contributed by atoms with Gasteiger partial charge < -0.3 is 11.1 Å². The average Bonchev–Trinajstić information content (AvgIpc) is 2.33. The first kappa shape index (κ1) is 17.4. The first-order chi connectivity index (χ1) is 8.66. The minimum Gasteiger partial charge on any atom is -0.393 e. The van der Waals surface area contributed by atoms with E-state index in [1.807, 2.05) is 0 Å². The van der Waals surface area contributed by atoms with Crippen molar-refractivity contribution in [2.45, 2.75) is 71.1 Å². The maximum Gasteiger partial charge on any atom is 0.219 e. The Labute approximate surface area is 117 Å². The van der Waals surface area contributed by atoms with Gasteiger partial charge in [-0.05, 0) is 25.7 Å². The molecular weight excluding hydrogens is 244 g/mol. The Morgan fingerprint density at radius 3 is 2.28 bits per heavy atom. The highest BCUT2D eigenvalue weighted by atomic mass is 32.1. The van der Waals surface area contributed by atoms with Gasteiger partial charge in [0, 0.05) is 13.0 Å². The van der Waals surface area contributed by atoms with Crippen LogP contribution in [-0.2, 0) is 4.79 Å². The van der Waals surface area contributed by atoms with E-state index >= 15 is 0 Å². The number of rotatable bonds is 12. The molecule has 4 heteroatoms. The Bertz CT molecular complexity index is 232. The fraction of sp³-hybridized carbons (Fsp3) is 0.857. The predicted molar refractivity (Wildman–Crippen MR) is 81.6 cm³/mol. The molecule has 106 valence electrons. The molecule has 0 aliphatic rings. The molecule has 3 nitrogen and oxygen atoms in total. The summed E-state index contributed by atoms with van der Waals surface area (Å²) in [5.41, 5.74) is 5.39. The van der Waals surface area contributed by atoms with Gasteiger partial charge >= 0.3 is 0 Å². The van der Waals surface area contributed by atoms with Crippen LogP contribution >= 0.6 is 12.2 Å². The molecule has 0 saturated heterocycles. The van der Waals surface area contributed by atoms with Gasteiger partial charge in [-0.2, -0.15) is 0 Å². The second kappa shape index (κ2) is 12.8. The van der Waals surface area contributed by atoms with Crippen LogP contribution in [0.1, 0.15) is 71.1 Å². The molecule has 0 aromatic carbocycles. The van der Waals surface area contributed by atoms with E-state index in [4.69, 9.17) is 18.0 Å². The van der Waals surface area contributed by atoms with Crippen molar-refractivity contribution in [1.82, 2.24) is 5.32 Å². The number of hydrogen-bond acceptors (Lipinski definition) is 2. The van der Waals surface area contributed by atoms with E-state index in [0.717, 1.165) is 32.2 Å². The van der Waals surface area contributed by atoms with Gasteiger partial charge in [0.15, 0.2) is 0 Å². The Balaban J connectivity index is 3.20. The zero-order valence-corrected chi connectivity index (χ0v) is 12.5. The summed E-state index contributed by atoms with van der Waals surface area (Å²) in [5, 5.41) is 2.94. The molecule has 3 N–H and O–H groups in total. The average molecular weight is 272 g/mol. The van der Waals surface area contributed by atoms with Crippen LogP contribution in [0.25, 0.3) is 0 Å². The summed E-state index contributed by atoms with van der Waals surface area (Å²) >= 11 is 4.79. The van der Waals surface area contributed by atoms with E-state index in [9.17, 15) is 4.79 Å². The lowest BCUT2D eigenvalue weighted by molar-refractivity contribution is -0.121. The fourth-order valence-corrected chi connectivity index (χ4v) is 1.95. The molecule has 0 saturated carbocycles. The normalized spacial score (nSPS) is 10.3. The quantitative estimate of drug-likeness (QED) is 0.423. The van der Waals surface area contributed by atoms with E-state index in [-0.39, 0.29) is 5.91 Å². The molecule has 0 heterocycles. The van der Waals surface area contributed by atoms with Gasteiger partial charge in [-0.1, -0.05) is 51.2 Å². The molecule has 0 atom stereocenters. The monoisotopic (exact) mass is 272 g/mol. The molecule has 0 rings (SSSR count). The van der Waals surface area contributed by atoms with E-state index in [0.29, 0.717) is 11.4 Å². The van der Waals surface area contributed by atoms with Crippen molar-refractivity contribution >= 4 is 23.1 Å². The van der Waals surface area contributed by atoms with Crippen molar-refractivity contribution in [3.8, 4) is 0 Å². The van der Waals surface area contributed by atoms with Gasteiger partial charge in [-0.15, -0.1) is 0 Å². The first-order valence-electron chi connectivity index (χ1n) is 7.21. The summed E-state index contributed by atoms with van der Waals surface area (Å²) < 4.78 is 0. The molecule has 18 heavy (non-hydrogen) atoms. The molecular formula is C14H28N2OS. The SMILES string of the molecule is CCCCCCCCC(=O)NCCCCC(N)=S. The van der Waals surface area contributed by atoms with Gasteiger partial charge in [0.2, 0.25) is 5.91 Å². The third-order valence-electron chi connectivity index (χ3n) is 2.93. The second-order valence-electron chi connectivity index (χ2n) is 4.79. The van der Waals surface area contributed by atoms with Crippen LogP contribution in [0.5, 0.6) is 0 Å². The smallest absolute Gasteiger partial charge is 0.219 e. The van der Waals surface area contributed by atoms with Crippen molar-refractivity contribution in [2.75, 3.05) is 6.54 Å². The Kier molecular flexibility index (Phi) is 12.4. The molecule has 0 aromatic rings. The van der Waals surface area contributed by atoms with Crippen LogP contribution < -0.4 is 11.1 Å². The van der Waals surface area contributed by atoms with Crippen LogP contribution in [0.4, 0.5) is 0 Å². The summed E-state index contributed by atoms with van der Waals surface area (Å²) in [7, 11) is 0. The molecule has 0 radical (unpaired) electrons. The van der Waals surface area contributed by atoms with E-state index in [2.05, 4.69) is 12.2 Å². The van der Waals surface area contributed by atoms with Gasteiger partial charge in [0.1, 0.15) is 0 Å². The number of thiocarbonyl (C=S) groups is 1. The lowest BCUT2D eigenvalue weighted by Crippen LogP contribution is -2.24. The van der Waals surface area contributed by atoms with Crippen LogP contribution in [0.3, 0.4) is 0 Å². The first-order valence-corrected chi connectivity index (χ1v) is 7.62. The number of hydrogen-bond donors (Lipinski definition) is 2. The van der Waals surface area contributed by atoms with Gasteiger partial charge in [0.25, 0.3) is 0 Å². The third-order valence-corrected chi connectivity index (χ3v) is 3.13. The minimum atomic E-state index is 0.181. The van der Waals surface area contributed by atoms with Gasteiger partial charge in [-0.25, -0.2) is 0 Å². The van der Waals surface area contributed by atoms with Crippen LogP contribution in [-0.4, -0.2) is 17.4 Å². The number of nitrogens with one attached hydrogen (secondary N) is 1. The Morgan fingerprint density at radius 2 is 1.61 bits per heavy atom. The molecule has 0 spiro atoms. The molecule has 0 unspecified atom stereocenters. The Morgan fingerprint density at radius 1 is 1.00 bits per heavy atom. The highest BCUT2D eigenvalue weighted by Crippen LogP contribution is 2.06. The van der Waals surface area contributed by atoms with E-state index in [1.165, 1.54) is 32.1 Å². The maximum absolute atomic E-state index is 11.5. The molecule has 0 aromatic heterocycles. The predicted octanol–water partition coefficient (Wildman–Crippen LogP) is 3.31. The van der Waals surface area contributed by atoms with Crippen molar-refractivity contribution < 1.29 is 4.79 Å². The maximum atomic E-state index is 11.5. The molecule has 0 aliphatic heterocycles. The lowest BCUT2D eigenvalue weighted by atomic mass is 10.1. The number of unbranched alkanes of at least 4 members (excludes halogenated alkanes) is 6. The summed E-state index contributed by atoms with van der Waals surface area (Å²) in [6.07, 6.45) is 10.7. The molecule has 0 aliphatic carbocycles. The van der Waals surface area contributed by atoms with E-state index < -0.39 is 0 Å². The van der Waals surface area contributed by atoms with Crippen molar-refractivity contribution in [3.63, 3.8) is 0 Å². The van der Waals surface area contributed by atoms with Crippen molar-refractivity contribution in [3.05, 3.63) is 0 Å². The summed E-state index contributed by atoms with van der Waals surface area (Å²) in [6.45, 7) is 2.96. The number of carbonyl (C=O) groups is 1. The van der Waals surface area contributed by atoms with Crippen LogP contribution in [0, 0.1) is 0 Å². The summed E-state index contributed by atoms with van der Waals surface area (Å²) in [5.74, 6) is 0.181. The topological polar surface area (TPSA) is 55.1 Å². The zero-order chi connectivity index (χ0) is 13.6. The van der Waals surface area contributed by atoms with Gasteiger partial charge in [-0.3, -0.25) is 4.79 Å². The summed E-state index contributed by atoms with van der Waals surface area (Å²) in [4.78, 5) is 12.0. The lowest BCUT2D eigenvalue weighted by Gasteiger charge is -2.05. The van der Waals surface area contributed by atoms with E-state index in [1.54, 1.807) is 0 Å². The molecule has 0 bridgehead atoms.